The maximum absolute atomic E-state index is 14.6. The van der Waals surface area contributed by atoms with Crippen LogP contribution in [0.1, 0.15) is 119 Å². The molecule has 0 bridgehead atoms. The average Bonchev–Trinajstić information content (AvgIpc) is 4.26. The first-order chi connectivity index (χ1) is 38.6. The summed E-state index contributed by atoms with van der Waals surface area (Å²) in [7, 11) is -4.10. The molecule has 1 aromatic heterocycles. The number of primary amides is 1. The van der Waals surface area contributed by atoms with E-state index in [4.69, 9.17) is 5.73 Å². The van der Waals surface area contributed by atoms with Crippen molar-refractivity contribution in [3.8, 4) is 11.8 Å². The number of rotatable bonds is 16. The largest absolute Gasteiger partial charge is 0.399 e. The van der Waals surface area contributed by atoms with E-state index in [1.54, 1.807) is 54.4 Å². The Labute approximate surface area is 468 Å². The van der Waals surface area contributed by atoms with Gasteiger partial charge in [0.1, 0.15) is 30.2 Å². The zero-order valence-corrected chi connectivity index (χ0v) is 45.9. The molecule has 0 aliphatic carbocycles. The molecule has 6 atom stereocenters. The molecular formula is C56H62F2N9O12PS. The number of halogens is 2. The number of hydrogen-bond acceptors (Lipinski definition) is 12. The number of alkyl halides is 2. The third-order valence-corrected chi connectivity index (χ3v) is 17.9. The highest BCUT2D eigenvalue weighted by molar-refractivity contribution is 7.52. The van der Waals surface area contributed by atoms with Crippen molar-refractivity contribution in [1.82, 2.24) is 40.9 Å². The molecular weight excluding hydrogens is 1090 g/mol. The van der Waals surface area contributed by atoms with E-state index < -0.39 is 90.5 Å². The number of carbonyl (C=O) groups is 9. The van der Waals surface area contributed by atoms with E-state index in [0.29, 0.717) is 73.1 Å². The maximum Gasteiger partial charge on any atom is 0.399 e. The molecule has 9 rings (SSSR count). The summed E-state index contributed by atoms with van der Waals surface area (Å²) >= 11 is 0.921. The molecule has 6 heterocycles. The number of nitrogens with one attached hydrogen (secondary N) is 4. The van der Waals surface area contributed by atoms with Crippen molar-refractivity contribution in [2.45, 2.75) is 119 Å². The number of imide groups is 1. The summed E-state index contributed by atoms with van der Waals surface area (Å²) in [5.74, 6) is 1.69. The van der Waals surface area contributed by atoms with E-state index in [1.807, 2.05) is 11.0 Å². The van der Waals surface area contributed by atoms with Crippen LogP contribution in [0.2, 0.25) is 0 Å². The number of fused-ring (bicyclic) bond motifs is 3. The number of nitrogens with two attached hydrogens (primary N) is 1. The lowest BCUT2D eigenvalue weighted by molar-refractivity contribution is -0.144. The first-order valence-corrected chi connectivity index (χ1v) is 29.3. The number of likely N-dealkylation sites (tertiary alicyclic amines) is 1. The number of hydrogen-bond donors (Lipinski definition) is 7. The molecule has 3 aromatic carbocycles. The van der Waals surface area contributed by atoms with E-state index in [-0.39, 0.29) is 79.1 Å². The van der Waals surface area contributed by atoms with Gasteiger partial charge in [0.25, 0.3) is 11.8 Å². The molecule has 0 saturated carbocycles. The van der Waals surface area contributed by atoms with Crippen molar-refractivity contribution in [2.75, 3.05) is 33.2 Å². The van der Waals surface area contributed by atoms with Crippen LogP contribution in [0, 0.1) is 17.8 Å². The molecule has 5 aliphatic heterocycles. The van der Waals surface area contributed by atoms with Crippen LogP contribution in [0.25, 0.3) is 10.1 Å². The third-order valence-electron chi connectivity index (χ3n) is 15.8. The molecule has 0 radical (unpaired) electrons. The van der Waals surface area contributed by atoms with Crippen LogP contribution in [0.5, 0.6) is 0 Å². The Morgan fingerprint density at radius 1 is 0.914 bits per heavy atom. The van der Waals surface area contributed by atoms with Crippen LogP contribution in [0.4, 0.5) is 8.78 Å². The van der Waals surface area contributed by atoms with Crippen molar-refractivity contribution >= 4 is 82.2 Å². The average molecular weight is 1150 g/mol. The number of amides is 9. The molecule has 9 amide bonds. The van der Waals surface area contributed by atoms with E-state index >= 15 is 0 Å². The van der Waals surface area contributed by atoms with Gasteiger partial charge in [0.05, 0.1) is 4.88 Å². The normalized spacial score (nSPS) is 21.7. The summed E-state index contributed by atoms with van der Waals surface area (Å²) in [5.41, 5.74) is 2.53. The van der Waals surface area contributed by atoms with E-state index in [0.717, 1.165) is 35.5 Å². The summed E-state index contributed by atoms with van der Waals surface area (Å²) in [6, 6.07) is 12.1. The third kappa shape index (κ3) is 12.9. The summed E-state index contributed by atoms with van der Waals surface area (Å²) in [4.78, 5) is 146. The van der Waals surface area contributed by atoms with Gasteiger partial charge >= 0.3 is 13.3 Å². The molecule has 81 heavy (non-hydrogen) atoms. The van der Waals surface area contributed by atoms with Gasteiger partial charge in [-0.15, -0.1) is 11.3 Å². The summed E-state index contributed by atoms with van der Waals surface area (Å²) in [5, 5.41) is 10.8. The zero-order chi connectivity index (χ0) is 57.9. The van der Waals surface area contributed by atoms with E-state index in [2.05, 4.69) is 33.1 Å². The van der Waals surface area contributed by atoms with Gasteiger partial charge in [-0.3, -0.25) is 53.0 Å². The number of thiophene rings is 1. The van der Waals surface area contributed by atoms with Gasteiger partial charge in [0.2, 0.25) is 41.4 Å². The van der Waals surface area contributed by atoms with E-state index in [9.17, 15) is 66.3 Å². The monoisotopic (exact) mass is 1150 g/mol. The van der Waals surface area contributed by atoms with Gasteiger partial charge < -0.3 is 51.1 Å². The molecule has 4 fully saturated rings. The number of benzene rings is 3. The van der Waals surface area contributed by atoms with E-state index in [1.165, 1.54) is 21.9 Å². The van der Waals surface area contributed by atoms with Crippen molar-refractivity contribution < 1.29 is 66.3 Å². The second kappa shape index (κ2) is 24.4. The van der Waals surface area contributed by atoms with Crippen molar-refractivity contribution in [2.24, 2.45) is 11.7 Å². The Morgan fingerprint density at radius 2 is 1.67 bits per heavy atom. The predicted molar refractivity (Wildman–Crippen MR) is 290 cm³/mol. The highest BCUT2D eigenvalue weighted by Gasteiger charge is 2.51. The molecule has 25 heteroatoms. The first-order valence-electron chi connectivity index (χ1n) is 26.8. The lowest BCUT2D eigenvalue weighted by Crippen LogP contribution is -2.61. The molecule has 0 spiro atoms. The lowest BCUT2D eigenvalue weighted by Gasteiger charge is -2.38. The Bertz CT molecular complexity index is 3280. The van der Waals surface area contributed by atoms with Gasteiger partial charge in [-0.1, -0.05) is 54.3 Å². The number of piperidine rings is 2. The van der Waals surface area contributed by atoms with Crippen molar-refractivity contribution in [3.05, 3.63) is 105 Å². The highest BCUT2D eigenvalue weighted by Crippen LogP contribution is 2.59. The summed E-state index contributed by atoms with van der Waals surface area (Å²) in [6.45, 7) is 1.51. The van der Waals surface area contributed by atoms with Crippen LogP contribution in [0.3, 0.4) is 0 Å². The maximum atomic E-state index is 14.6. The molecule has 8 N–H and O–H groups in total. The fourth-order valence-electron chi connectivity index (χ4n) is 11.4. The van der Waals surface area contributed by atoms with Gasteiger partial charge in [0, 0.05) is 72.9 Å². The minimum absolute atomic E-state index is 0.0297. The number of likely N-dealkylation sites (N-methyl/N-ethyl adjacent to an activating group) is 1. The van der Waals surface area contributed by atoms with Gasteiger partial charge in [0.15, 0.2) is 0 Å². The predicted octanol–water partition coefficient (Wildman–Crippen LogP) is 3.36. The Kier molecular flexibility index (Phi) is 17.5. The second-order valence-corrected chi connectivity index (χ2v) is 24.0. The smallest absolute Gasteiger partial charge is 0.370 e. The second-order valence-electron chi connectivity index (χ2n) is 21.3. The number of nitrogens with zero attached hydrogens (tertiary/aromatic N) is 4. The van der Waals surface area contributed by atoms with Crippen LogP contribution >= 0.6 is 18.9 Å². The van der Waals surface area contributed by atoms with Crippen molar-refractivity contribution in [1.29, 1.82) is 0 Å². The SMILES string of the molecule is CN1CC[C@H]2CC[C@@H](C(=O)N[C@@H](CCC(N)=O)C(=O)N[C@H](C(=O)N3CCC(CCC#Cc4cccc5c4CN(C4CCC(=O)NC4=O)C5=O)CC3)c3ccccc3)N2C(=O)[C@@H](NC(=O)c2cc3cc(C(F)(F)P(=O)(O)O)ccc3s2)C1. The van der Waals surface area contributed by atoms with Crippen LogP contribution < -0.4 is 27.0 Å². The minimum Gasteiger partial charge on any atom is -0.370 e. The lowest BCUT2D eigenvalue weighted by atomic mass is 9.91. The fourth-order valence-corrected chi connectivity index (χ4v) is 12.8. The fraction of sp³-hybridized carbons (Fsp3) is 0.446. The van der Waals surface area contributed by atoms with Crippen LogP contribution in [0.15, 0.2) is 72.8 Å². The number of carbonyl (C=O) groups excluding carboxylic acids is 9. The summed E-state index contributed by atoms with van der Waals surface area (Å²) in [6.07, 6.45) is 3.59. The molecule has 4 saturated heterocycles. The van der Waals surface area contributed by atoms with Gasteiger partial charge in [-0.25, -0.2) is 0 Å². The Hall–Kier alpha value is -7.42. The highest BCUT2D eigenvalue weighted by atomic mass is 32.1. The molecule has 4 aromatic rings. The quantitative estimate of drug-likeness (QED) is 0.0482. The van der Waals surface area contributed by atoms with Crippen LogP contribution in [-0.4, -0.2) is 146 Å². The minimum atomic E-state index is -5.87. The van der Waals surface area contributed by atoms with Gasteiger partial charge in [-0.2, -0.15) is 8.78 Å². The van der Waals surface area contributed by atoms with Crippen molar-refractivity contribution in [3.63, 3.8) is 0 Å². The standard InChI is InChI=1S/C56H62F2N9O12PS/c1-64-25-24-37-15-17-43(67(37)54(75)41(31-64)61-52(73)45-29-35-28-36(14-19-44(35)81-45)56(57,58)80(77,78)79)51(72)60-40(16-20-46(59)68)49(70)63-48(34-10-3-2-4-11-34)55(76)65-26-22-32(23-27-65)8-5-6-9-33-12-7-13-38-39(33)30-66(53(38)74)42-18-21-47(69)62-50(42)71/h2-4,7,10-14,19,28-29,32,37,40-43,48H,5,8,15-18,20-27,30-31H2,1H3,(H2,59,68)(H,60,72)(H,61,73)(H,63,70)(H,62,69,71)(H2,77,78,79)/t37-,40+,41+,42?,43+,48+/m1/s1. The molecule has 21 nitrogen and oxygen atoms in total. The molecule has 1 unspecified atom stereocenters. The summed E-state index contributed by atoms with van der Waals surface area (Å²) < 4.78 is 41.0. The van der Waals surface area contributed by atoms with Crippen LogP contribution in [-0.2, 0) is 50.3 Å². The Morgan fingerprint density at radius 3 is 2.38 bits per heavy atom. The molecule has 5 aliphatic rings. The molecule has 428 valence electrons. The zero-order valence-electron chi connectivity index (χ0n) is 44.2. The topological polar surface area (TPSA) is 298 Å². The first kappa shape index (κ1) is 58.2. The van der Waals surface area contributed by atoms with Gasteiger partial charge in [-0.05, 0) is 118 Å². The Balaban J connectivity index is 0.831.